The van der Waals surface area contributed by atoms with Crippen molar-refractivity contribution in [2.24, 2.45) is 0 Å². The van der Waals surface area contributed by atoms with Gasteiger partial charge in [-0.3, -0.25) is 0 Å². The van der Waals surface area contributed by atoms with Gasteiger partial charge < -0.3 is 13.2 Å². The minimum absolute atomic E-state index is 0.00650. The monoisotopic (exact) mass is 1010 g/mol. The highest BCUT2D eigenvalue weighted by atomic mass is 16.3. The van der Waals surface area contributed by atoms with Gasteiger partial charge in [0.15, 0.2) is 5.58 Å². The number of hydrogen-bond acceptors (Lipinski definition) is 1. The largest absolute Gasteiger partial charge is 0.454 e. The Hall–Kier alpha value is -7.10. The molecule has 0 aliphatic carbocycles. The van der Waals surface area contributed by atoms with Crippen molar-refractivity contribution in [3.63, 3.8) is 0 Å². The van der Waals surface area contributed by atoms with Crippen molar-refractivity contribution < 1.29 is 4.42 Å². The average molecular weight is 1010 g/mol. The van der Waals surface area contributed by atoms with Crippen LogP contribution >= 0.6 is 0 Å². The van der Waals surface area contributed by atoms with Gasteiger partial charge in [-0.25, -0.2) is 0 Å². The first kappa shape index (κ1) is 49.5. The van der Waals surface area contributed by atoms with Crippen LogP contribution < -0.4 is 0 Å². The lowest BCUT2D eigenvalue weighted by Crippen LogP contribution is -2.16. The zero-order chi connectivity index (χ0) is 54.6. The second-order valence-electron chi connectivity index (χ2n) is 29.3. The first-order valence-corrected chi connectivity index (χ1v) is 28.2. The highest BCUT2D eigenvalue weighted by Gasteiger charge is 2.30. The molecule has 3 heteroatoms. The Kier molecular flexibility index (Phi) is 10.1. The Bertz CT molecular complexity index is 4500. The number of fused-ring (bicyclic) bond motifs is 14. The van der Waals surface area contributed by atoms with Crippen LogP contribution in [0.5, 0.6) is 0 Å². The van der Waals surface area contributed by atoms with E-state index < -0.39 is 0 Å². The molecule has 5 heterocycles. The van der Waals surface area contributed by atoms with Crippen molar-refractivity contribution in [2.45, 2.75) is 157 Å². The number of nitrogens with zero attached hydrogens (tertiary/aromatic N) is 2. The van der Waals surface area contributed by atoms with Crippen LogP contribution in [0.15, 0.2) is 138 Å². The topological polar surface area (TPSA) is 22.0 Å². The van der Waals surface area contributed by atoms with E-state index in [9.17, 15) is 0 Å². The van der Waals surface area contributed by atoms with Crippen LogP contribution in [0, 0.1) is 0 Å². The maximum absolute atomic E-state index is 6.96. The maximum Gasteiger partial charge on any atom is 0.161 e. The zero-order valence-electron chi connectivity index (χ0n) is 49.0. The lowest BCUT2D eigenvalue weighted by molar-refractivity contribution is 0.568. The average Bonchev–Trinajstić information content (AvgIpc) is 4.25. The number of rotatable bonds is 3. The molecule has 13 rings (SSSR count). The Morgan fingerprint density at radius 1 is 0.260 bits per heavy atom. The molecule has 0 N–H and O–H groups in total. The van der Waals surface area contributed by atoms with Gasteiger partial charge >= 0.3 is 0 Å². The van der Waals surface area contributed by atoms with Crippen molar-refractivity contribution in [1.82, 2.24) is 8.80 Å². The van der Waals surface area contributed by atoms with Crippen LogP contribution in [0.4, 0.5) is 0 Å². The Morgan fingerprint density at radius 2 is 0.597 bits per heavy atom. The van der Waals surface area contributed by atoms with Crippen LogP contribution in [0.25, 0.3) is 121 Å². The summed E-state index contributed by atoms with van der Waals surface area (Å²) in [4.78, 5) is 0. The van der Waals surface area contributed by atoms with Gasteiger partial charge in [0.1, 0.15) is 11.1 Å². The minimum Gasteiger partial charge on any atom is -0.454 e. The van der Waals surface area contributed by atoms with Crippen molar-refractivity contribution >= 4 is 87.4 Å². The number of hydrogen-bond donors (Lipinski definition) is 0. The molecule has 0 radical (unpaired) electrons. The molecule has 388 valence electrons. The van der Waals surface area contributed by atoms with Gasteiger partial charge in [-0.05, 0) is 160 Å². The van der Waals surface area contributed by atoms with Crippen molar-refractivity contribution in [2.75, 3.05) is 0 Å². The van der Waals surface area contributed by atoms with Crippen LogP contribution in [-0.2, 0) is 32.5 Å². The molecule has 0 aliphatic rings. The number of para-hydroxylation sites is 1. The summed E-state index contributed by atoms with van der Waals surface area (Å²) in [7, 11) is 0. The van der Waals surface area contributed by atoms with E-state index in [0.717, 1.165) is 27.5 Å². The molecule has 8 aromatic carbocycles. The second-order valence-corrected chi connectivity index (χ2v) is 29.3. The zero-order valence-corrected chi connectivity index (χ0v) is 49.0. The smallest absolute Gasteiger partial charge is 0.161 e. The lowest BCUT2D eigenvalue weighted by Gasteiger charge is -2.26. The quantitative estimate of drug-likeness (QED) is 0.173. The van der Waals surface area contributed by atoms with Gasteiger partial charge in [0.25, 0.3) is 0 Å². The predicted octanol–water partition coefficient (Wildman–Crippen LogP) is 21.5. The first-order valence-electron chi connectivity index (χ1n) is 28.2. The molecule has 0 fully saturated rings. The second kappa shape index (κ2) is 15.8. The standard InChI is InChI=1S/C74H76N2O/c1-69(2,3)47-25-42(26-48(36-47)70(4,5)6)41-23-24-61-54(31-41)57-32-45(43-27-49(71(7,8)9)37-50(28-43)72(10,11)12)33-58-55-40-63-56(39-62(55)75(61)65(57)58)59-34-46(44-29-51(73(13,14)15)38-52(30-44)74(16,17)18)35-60-66(59)76(63)67-53-21-19-20-22-64(53)77-68(60)67/h19-40H,1-18H3. The summed E-state index contributed by atoms with van der Waals surface area (Å²) in [6.45, 7) is 42.1. The molecule has 0 atom stereocenters. The summed E-state index contributed by atoms with van der Waals surface area (Å²) >= 11 is 0. The molecule has 0 aliphatic heterocycles. The van der Waals surface area contributed by atoms with Crippen molar-refractivity contribution in [3.8, 4) is 33.4 Å². The first-order chi connectivity index (χ1) is 35.9. The third-order valence-electron chi connectivity index (χ3n) is 17.4. The molecule has 3 nitrogen and oxygen atoms in total. The van der Waals surface area contributed by atoms with Gasteiger partial charge in [-0.15, -0.1) is 0 Å². The molecule has 0 saturated carbocycles. The minimum atomic E-state index is -0.0215. The predicted molar refractivity (Wildman–Crippen MR) is 334 cm³/mol. The normalized spacial score (nSPS) is 13.8. The van der Waals surface area contributed by atoms with Crippen LogP contribution in [0.1, 0.15) is 158 Å². The number of aromatic nitrogens is 2. The summed E-state index contributed by atoms with van der Waals surface area (Å²) in [5, 5.41) is 9.89. The molecule has 5 aromatic heterocycles. The number of furan rings is 1. The van der Waals surface area contributed by atoms with Crippen LogP contribution in [-0.4, -0.2) is 8.80 Å². The van der Waals surface area contributed by atoms with E-state index in [1.54, 1.807) is 0 Å². The van der Waals surface area contributed by atoms with Gasteiger partial charge in [0.2, 0.25) is 0 Å². The fraction of sp³-hybridized carbons (Fsp3) is 0.324. The molecule has 0 unspecified atom stereocenters. The third kappa shape index (κ3) is 7.64. The molecular weight excluding hydrogens is 933 g/mol. The van der Waals surface area contributed by atoms with E-state index in [1.807, 2.05) is 0 Å². The Morgan fingerprint density at radius 3 is 1.03 bits per heavy atom. The highest BCUT2D eigenvalue weighted by Crippen LogP contribution is 2.50. The van der Waals surface area contributed by atoms with Crippen molar-refractivity contribution in [3.05, 3.63) is 167 Å². The molecule has 77 heavy (non-hydrogen) atoms. The fourth-order valence-electron chi connectivity index (χ4n) is 12.5. The third-order valence-corrected chi connectivity index (χ3v) is 17.4. The van der Waals surface area contributed by atoms with Crippen molar-refractivity contribution in [1.29, 1.82) is 0 Å². The van der Waals surface area contributed by atoms with E-state index in [2.05, 4.69) is 267 Å². The molecule has 13 aromatic rings. The molecule has 0 amide bonds. The van der Waals surface area contributed by atoms with E-state index in [1.165, 1.54) is 127 Å². The Labute approximate surface area is 455 Å². The lowest BCUT2D eigenvalue weighted by atomic mass is 9.78. The maximum atomic E-state index is 6.96. The Balaban J connectivity index is 1.17. The number of benzene rings is 8. The van der Waals surface area contributed by atoms with E-state index in [0.29, 0.717) is 0 Å². The van der Waals surface area contributed by atoms with E-state index in [4.69, 9.17) is 4.42 Å². The van der Waals surface area contributed by atoms with Crippen LogP contribution in [0.2, 0.25) is 0 Å². The summed E-state index contributed by atoms with van der Waals surface area (Å²) in [6, 6.07) is 52.8. The SMILES string of the molecule is CC(C)(C)c1cc(-c2ccc3c(c2)c2cc(-c4cc(C(C)(C)C)cc(C(C)(C)C)c4)cc4c5cc6c(cc5n3c24)c2cc(-c3cc(C(C)(C)C)cc(C(C)(C)C)c3)cc3c4oc5ccccc5c4n6c23)cc(C(C)(C)C)c1. The van der Waals surface area contributed by atoms with Crippen LogP contribution in [0.3, 0.4) is 0 Å². The summed E-state index contributed by atoms with van der Waals surface area (Å²) < 4.78 is 12.1. The fourth-order valence-corrected chi connectivity index (χ4v) is 12.5. The molecule has 0 bridgehead atoms. The van der Waals surface area contributed by atoms with E-state index >= 15 is 0 Å². The van der Waals surface area contributed by atoms with Gasteiger partial charge in [-0.2, -0.15) is 0 Å². The molecule has 0 spiro atoms. The van der Waals surface area contributed by atoms with Gasteiger partial charge in [0.05, 0.1) is 27.6 Å². The summed E-state index contributed by atoms with van der Waals surface area (Å²) in [5.74, 6) is 0. The molecule has 0 saturated heterocycles. The summed E-state index contributed by atoms with van der Waals surface area (Å²) in [6.07, 6.45) is 0. The van der Waals surface area contributed by atoms with E-state index in [-0.39, 0.29) is 32.5 Å². The van der Waals surface area contributed by atoms with Gasteiger partial charge in [0, 0.05) is 43.1 Å². The molecular formula is C74H76N2O. The summed E-state index contributed by atoms with van der Waals surface area (Å²) in [5.41, 5.74) is 24.7. The van der Waals surface area contributed by atoms with Gasteiger partial charge in [-0.1, -0.05) is 197 Å². The highest BCUT2D eigenvalue weighted by molar-refractivity contribution is 6.31.